The van der Waals surface area contributed by atoms with Gasteiger partial charge in [0.1, 0.15) is 42.3 Å². The third-order valence-electron chi connectivity index (χ3n) is 11.4. The highest BCUT2D eigenvalue weighted by Crippen LogP contribution is 2.21. The van der Waals surface area contributed by atoms with Crippen molar-refractivity contribution in [1.82, 2.24) is 41.7 Å². The van der Waals surface area contributed by atoms with E-state index in [1.807, 2.05) is 41.5 Å². The van der Waals surface area contributed by atoms with E-state index in [4.69, 9.17) is 11.5 Å². The van der Waals surface area contributed by atoms with Gasteiger partial charge in [0.05, 0.1) is 19.2 Å². The van der Waals surface area contributed by atoms with Crippen LogP contribution in [0, 0.1) is 17.8 Å². The average molecular weight is 895 g/mol. The summed E-state index contributed by atoms with van der Waals surface area (Å²) in [5.41, 5.74) is 11.7. The van der Waals surface area contributed by atoms with Gasteiger partial charge < -0.3 is 63.4 Å². The van der Waals surface area contributed by atoms with E-state index in [0.717, 1.165) is 0 Å². The van der Waals surface area contributed by atoms with E-state index in [2.05, 4.69) is 31.9 Å². The first-order chi connectivity index (χ1) is 29.7. The van der Waals surface area contributed by atoms with Gasteiger partial charge in [-0.15, -0.1) is 0 Å². The summed E-state index contributed by atoms with van der Waals surface area (Å²) in [6.07, 6.45) is 3.51. The summed E-state index contributed by atoms with van der Waals surface area (Å²) in [5.74, 6) is -6.60. The molecule has 0 spiro atoms. The molecule has 21 nitrogen and oxygen atoms in total. The maximum Gasteiger partial charge on any atom is 0.326 e. The van der Waals surface area contributed by atoms with Crippen LogP contribution in [0.15, 0.2) is 0 Å². The molecule has 12 N–H and O–H groups in total. The van der Waals surface area contributed by atoms with Crippen molar-refractivity contribution >= 4 is 53.2 Å². The van der Waals surface area contributed by atoms with Crippen LogP contribution in [0.25, 0.3) is 0 Å². The molecule has 0 aromatic heterocycles. The quantitative estimate of drug-likeness (QED) is 0.0429. The van der Waals surface area contributed by atoms with Gasteiger partial charge in [-0.3, -0.25) is 38.4 Å². The van der Waals surface area contributed by atoms with E-state index in [0.29, 0.717) is 45.1 Å². The molecule has 2 heterocycles. The molecular weight excluding hydrogens is 821 g/mol. The number of carbonyl (C=O) groups excluding carboxylic acids is 8. The minimum atomic E-state index is -1.51. The number of rotatable bonds is 26. The second-order valence-corrected chi connectivity index (χ2v) is 17.6. The molecule has 0 aromatic rings. The van der Waals surface area contributed by atoms with E-state index in [1.54, 1.807) is 0 Å². The zero-order chi connectivity index (χ0) is 47.6. The average Bonchev–Trinajstić information content (AvgIpc) is 3.93. The molecule has 2 fully saturated rings. The van der Waals surface area contributed by atoms with E-state index >= 15 is 0 Å². The number of carboxylic acid groups (broad SMARTS) is 1. The fourth-order valence-corrected chi connectivity index (χ4v) is 7.63. The standard InChI is InChI=1S/C42H74N10O11/c1-8-25(6)34(44)39(59)46-26(7)40(60)51-17-11-14-31(51)37(57)48-27(13-9-10-16-43)36(56)50-30(22-53)41(61)52-18-12-15-32(52)38(58)49-28(19-23(2)3)35(55)45-21-33(54)47-29(42(62)63)20-24(4)5/h23-32,34,53H,8-22,43-44H2,1-7H3,(H,45,55)(H,46,59)(H,47,54)(H,48,57)(H,49,58)(H,50,56)(H,62,63)/t25-,26-,27-,28-,29-,30-,31-,32-,34-/m0/s1. The van der Waals surface area contributed by atoms with Gasteiger partial charge in [-0.05, 0) is 89.0 Å². The number of hydrogen-bond acceptors (Lipinski definition) is 12. The number of carbonyl (C=O) groups is 9. The Kier molecular flexibility index (Phi) is 23.0. The monoisotopic (exact) mass is 895 g/mol. The van der Waals surface area contributed by atoms with Gasteiger partial charge >= 0.3 is 5.97 Å². The molecule has 0 unspecified atom stereocenters. The van der Waals surface area contributed by atoms with Crippen LogP contribution in [0.1, 0.15) is 113 Å². The molecule has 2 rings (SSSR count). The van der Waals surface area contributed by atoms with E-state index < -0.39 is 115 Å². The van der Waals surface area contributed by atoms with Crippen molar-refractivity contribution in [2.24, 2.45) is 29.2 Å². The molecule has 2 aliphatic rings. The van der Waals surface area contributed by atoms with Crippen LogP contribution in [0.3, 0.4) is 0 Å². The van der Waals surface area contributed by atoms with Gasteiger partial charge in [-0.25, -0.2) is 4.79 Å². The van der Waals surface area contributed by atoms with Crippen molar-refractivity contribution in [1.29, 1.82) is 0 Å². The number of amides is 8. The second kappa shape index (κ2) is 26.7. The lowest BCUT2D eigenvalue weighted by Gasteiger charge is -2.31. The van der Waals surface area contributed by atoms with Crippen molar-refractivity contribution in [2.75, 3.05) is 32.8 Å². The summed E-state index contributed by atoms with van der Waals surface area (Å²) >= 11 is 0. The molecular formula is C42H74N10O11. The highest BCUT2D eigenvalue weighted by molar-refractivity contribution is 5.98. The zero-order valence-electron chi connectivity index (χ0n) is 38.1. The second-order valence-electron chi connectivity index (χ2n) is 17.6. The van der Waals surface area contributed by atoms with Gasteiger partial charge in [0.25, 0.3) is 0 Å². The molecule has 2 aliphatic heterocycles. The summed E-state index contributed by atoms with van der Waals surface area (Å²) < 4.78 is 0. The normalized spacial score (nSPS) is 19.6. The molecule has 0 aromatic carbocycles. The number of nitrogens with two attached hydrogens (primary N) is 2. The topological polar surface area (TPSA) is 325 Å². The van der Waals surface area contributed by atoms with Gasteiger partial charge in [-0.2, -0.15) is 0 Å². The number of unbranched alkanes of at least 4 members (excludes halogenated alkanes) is 1. The SMILES string of the molecule is CC[C@H](C)[C@H](N)C(=O)N[C@@H](C)C(=O)N1CCC[C@H]1C(=O)N[C@@H](CCCCN)C(=O)N[C@@H](CO)C(=O)N1CCC[C@H]1C(=O)N[C@@H](CC(C)C)C(=O)NCC(=O)N[C@@H](CC(C)C)C(=O)O. The molecule has 0 bridgehead atoms. The van der Waals surface area contributed by atoms with Crippen LogP contribution in [-0.4, -0.2) is 154 Å². The molecule has 2 saturated heterocycles. The molecule has 63 heavy (non-hydrogen) atoms. The molecule has 358 valence electrons. The van der Waals surface area contributed by atoms with Crippen LogP contribution in [0.2, 0.25) is 0 Å². The van der Waals surface area contributed by atoms with E-state index in [1.165, 1.54) is 16.7 Å². The Morgan fingerprint density at radius 1 is 0.667 bits per heavy atom. The Morgan fingerprint density at radius 2 is 1.21 bits per heavy atom. The van der Waals surface area contributed by atoms with E-state index in [9.17, 15) is 53.4 Å². The summed E-state index contributed by atoms with van der Waals surface area (Å²) in [6.45, 7) is 11.8. The maximum atomic E-state index is 13.9. The van der Waals surface area contributed by atoms with Crippen LogP contribution < -0.4 is 43.4 Å². The van der Waals surface area contributed by atoms with Crippen molar-refractivity contribution in [3.8, 4) is 0 Å². The lowest BCUT2D eigenvalue weighted by atomic mass is 9.99. The number of nitrogens with one attached hydrogen (secondary N) is 6. The molecule has 21 heteroatoms. The van der Waals surface area contributed by atoms with Crippen LogP contribution >= 0.6 is 0 Å². The molecule has 0 radical (unpaired) electrons. The molecule has 8 amide bonds. The number of aliphatic hydroxyl groups excluding tert-OH is 1. The third kappa shape index (κ3) is 17.0. The van der Waals surface area contributed by atoms with Crippen molar-refractivity contribution < 1.29 is 53.4 Å². The summed E-state index contributed by atoms with van der Waals surface area (Å²) in [5, 5.41) is 35.2. The first kappa shape index (κ1) is 54.2. The predicted molar refractivity (Wildman–Crippen MR) is 232 cm³/mol. The molecule has 0 aliphatic carbocycles. The largest absolute Gasteiger partial charge is 0.480 e. The predicted octanol–water partition coefficient (Wildman–Crippen LogP) is -1.80. The minimum Gasteiger partial charge on any atom is -0.480 e. The number of nitrogens with zero attached hydrogens (tertiary/aromatic N) is 2. The lowest BCUT2D eigenvalue weighted by Crippen LogP contribution is -2.60. The number of aliphatic carboxylic acids is 1. The molecule has 0 saturated carbocycles. The number of aliphatic hydroxyl groups is 1. The van der Waals surface area contributed by atoms with Gasteiger partial charge in [0.15, 0.2) is 0 Å². The Bertz CT molecular complexity index is 1600. The zero-order valence-corrected chi connectivity index (χ0v) is 38.1. The maximum absolute atomic E-state index is 13.9. The smallest absolute Gasteiger partial charge is 0.326 e. The first-order valence-corrected chi connectivity index (χ1v) is 22.4. The number of likely N-dealkylation sites (tertiary alicyclic amines) is 2. The van der Waals surface area contributed by atoms with Crippen molar-refractivity contribution in [2.45, 2.75) is 161 Å². The summed E-state index contributed by atoms with van der Waals surface area (Å²) in [7, 11) is 0. The van der Waals surface area contributed by atoms with Crippen LogP contribution in [0.5, 0.6) is 0 Å². The van der Waals surface area contributed by atoms with Gasteiger partial charge in [0.2, 0.25) is 47.3 Å². The van der Waals surface area contributed by atoms with Crippen molar-refractivity contribution in [3.05, 3.63) is 0 Å². The number of carboxylic acids is 1. The fourth-order valence-electron chi connectivity index (χ4n) is 7.63. The van der Waals surface area contributed by atoms with Gasteiger partial charge in [0, 0.05) is 13.1 Å². The van der Waals surface area contributed by atoms with Crippen molar-refractivity contribution in [3.63, 3.8) is 0 Å². The Labute approximate surface area is 370 Å². The molecule has 9 atom stereocenters. The third-order valence-corrected chi connectivity index (χ3v) is 11.4. The lowest BCUT2D eigenvalue weighted by molar-refractivity contribution is -0.144. The fraction of sp³-hybridized carbons (Fsp3) is 0.786. The Balaban J connectivity index is 2.15. The Hall–Kier alpha value is -4.89. The first-order valence-electron chi connectivity index (χ1n) is 22.4. The number of hydrogen-bond donors (Lipinski definition) is 10. The Morgan fingerprint density at radius 3 is 1.71 bits per heavy atom. The van der Waals surface area contributed by atoms with Crippen LogP contribution in [0.4, 0.5) is 0 Å². The van der Waals surface area contributed by atoms with E-state index in [-0.39, 0.29) is 56.5 Å². The highest BCUT2D eigenvalue weighted by atomic mass is 16.4. The highest BCUT2D eigenvalue weighted by Gasteiger charge is 2.41. The summed E-state index contributed by atoms with van der Waals surface area (Å²) in [6, 6.07) is -8.73. The van der Waals surface area contributed by atoms with Crippen LogP contribution in [-0.2, 0) is 43.2 Å². The minimum absolute atomic E-state index is 0.0140. The summed E-state index contributed by atoms with van der Waals surface area (Å²) in [4.78, 5) is 121. The van der Waals surface area contributed by atoms with Gasteiger partial charge in [-0.1, -0.05) is 48.0 Å².